The first-order valence-electron chi connectivity index (χ1n) is 10.4. The fourth-order valence-corrected chi connectivity index (χ4v) is 3.44. The highest BCUT2D eigenvalue weighted by molar-refractivity contribution is 9.10. The minimum atomic E-state index is -0.333. The molecule has 3 rings (SSSR count). The number of nitrogens with zero attached hydrogens (tertiary/aromatic N) is 1. The van der Waals surface area contributed by atoms with Crippen LogP contribution in [0.15, 0.2) is 70.2 Å². The molecular formula is C25H24BrClN2O4. The third kappa shape index (κ3) is 7.23. The molecule has 1 N–H and O–H groups in total. The molecule has 8 heteroatoms. The summed E-state index contributed by atoms with van der Waals surface area (Å²) in [4.78, 5) is 12.3. The second-order valence-electron chi connectivity index (χ2n) is 6.83. The molecule has 33 heavy (non-hydrogen) atoms. The van der Waals surface area contributed by atoms with Crippen molar-refractivity contribution in [3.8, 4) is 17.2 Å². The van der Waals surface area contributed by atoms with Crippen molar-refractivity contribution in [2.45, 2.75) is 20.5 Å². The number of carbonyl (C=O) groups excluding carboxylic acids is 1. The summed E-state index contributed by atoms with van der Waals surface area (Å²) >= 11 is 9.89. The van der Waals surface area contributed by atoms with Crippen molar-refractivity contribution in [2.24, 2.45) is 5.10 Å². The average molecular weight is 532 g/mol. The highest BCUT2D eigenvalue weighted by atomic mass is 79.9. The predicted molar refractivity (Wildman–Crippen MR) is 134 cm³/mol. The molecule has 0 aliphatic rings. The van der Waals surface area contributed by atoms with E-state index in [4.69, 9.17) is 25.8 Å². The van der Waals surface area contributed by atoms with Gasteiger partial charge in [0.25, 0.3) is 5.91 Å². The Kier molecular flexibility index (Phi) is 9.15. The molecule has 0 aliphatic heterocycles. The van der Waals surface area contributed by atoms with Gasteiger partial charge < -0.3 is 14.2 Å². The van der Waals surface area contributed by atoms with Crippen molar-refractivity contribution >= 4 is 39.7 Å². The Morgan fingerprint density at radius 3 is 2.36 bits per heavy atom. The molecule has 0 saturated carbocycles. The lowest BCUT2D eigenvalue weighted by Crippen LogP contribution is -2.17. The largest absolute Gasteiger partial charge is 0.494 e. The average Bonchev–Trinajstić information content (AvgIpc) is 2.80. The van der Waals surface area contributed by atoms with Gasteiger partial charge in [0.15, 0.2) is 11.5 Å². The molecule has 172 valence electrons. The normalized spacial score (nSPS) is 10.8. The molecule has 3 aromatic carbocycles. The Morgan fingerprint density at radius 2 is 1.70 bits per heavy atom. The van der Waals surface area contributed by atoms with Crippen LogP contribution in [0.4, 0.5) is 0 Å². The molecule has 6 nitrogen and oxygen atoms in total. The van der Waals surface area contributed by atoms with Crippen LogP contribution in [0.25, 0.3) is 0 Å². The summed E-state index contributed by atoms with van der Waals surface area (Å²) in [6.45, 7) is 5.14. The van der Waals surface area contributed by atoms with Gasteiger partial charge in [0.05, 0.1) is 24.5 Å². The van der Waals surface area contributed by atoms with Crippen LogP contribution in [0, 0.1) is 0 Å². The van der Waals surface area contributed by atoms with Crippen molar-refractivity contribution < 1.29 is 19.0 Å². The topological polar surface area (TPSA) is 69.2 Å². The number of rotatable bonds is 10. The van der Waals surface area contributed by atoms with E-state index >= 15 is 0 Å². The number of carbonyl (C=O) groups is 1. The number of nitrogens with one attached hydrogen (secondary N) is 1. The van der Waals surface area contributed by atoms with Gasteiger partial charge in [-0.25, -0.2) is 5.43 Å². The fourth-order valence-electron chi connectivity index (χ4n) is 2.90. The third-order valence-electron chi connectivity index (χ3n) is 4.44. The van der Waals surface area contributed by atoms with Gasteiger partial charge in [-0.2, -0.15) is 5.10 Å². The standard InChI is InChI=1S/C25H24BrClN2O4/c1-3-31-21-11-7-19(8-12-21)25(30)29-28-15-18-13-22(27)24(23(14-18)32-4-2)33-16-17-5-9-20(26)10-6-17/h5-15H,3-4,16H2,1-2H3,(H,29,30)/b28-15-. The van der Waals surface area contributed by atoms with E-state index in [1.54, 1.807) is 36.4 Å². The zero-order valence-corrected chi connectivity index (χ0v) is 20.7. The first-order valence-corrected chi connectivity index (χ1v) is 11.6. The van der Waals surface area contributed by atoms with E-state index in [-0.39, 0.29) is 5.91 Å². The third-order valence-corrected chi connectivity index (χ3v) is 5.24. The highest BCUT2D eigenvalue weighted by Gasteiger charge is 2.13. The Bertz CT molecular complexity index is 1100. The molecule has 0 saturated heterocycles. The number of hydrogen-bond acceptors (Lipinski definition) is 5. The van der Waals surface area contributed by atoms with Gasteiger partial charge in [0.1, 0.15) is 12.4 Å². The fraction of sp³-hybridized carbons (Fsp3) is 0.200. The van der Waals surface area contributed by atoms with Crippen LogP contribution < -0.4 is 19.6 Å². The van der Waals surface area contributed by atoms with Crippen LogP contribution in [-0.2, 0) is 6.61 Å². The van der Waals surface area contributed by atoms with Crippen LogP contribution in [0.3, 0.4) is 0 Å². The molecule has 1 amide bonds. The van der Waals surface area contributed by atoms with Crippen LogP contribution in [0.1, 0.15) is 35.3 Å². The lowest BCUT2D eigenvalue weighted by Gasteiger charge is -2.14. The summed E-state index contributed by atoms with van der Waals surface area (Å²) in [7, 11) is 0. The molecule has 0 heterocycles. The predicted octanol–water partition coefficient (Wildman–Crippen LogP) is 6.24. The van der Waals surface area contributed by atoms with E-state index in [2.05, 4.69) is 26.5 Å². The monoisotopic (exact) mass is 530 g/mol. The Labute approximate surface area is 206 Å². The molecule has 0 aromatic heterocycles. The van der Waals surface area contributed by atoms with E-state index in [1.165, 1.54) is 6.21 Å². The molecule has 0 spiro atoms. The van der Waals surface area contributed by atoms with Crippen molar-refractivity contribution in [1.82, 2.24) is 5.43 Å². The Balaban J connectivity index is 1.67. The first-order chi connectivity index (χ1) is 16.0. The quantitative estimate of drug-likeness (QED) is 0.248. The van der Waals surface area contributed by atoms with E-state index in [9.17, 15) is 4.79 Å². The van der Waals surface area contributed by atoms with Crippen molar-refractivity contribution in [1.29, 1.82) is 0 Å². The summed E-state index contributed by atoms with van der Waals surface area (Å²) in [5.41, 5.74) is 4.64. The summed E-state index contributed by atoms with van der Waals surface area (Å²) in [6, 6.07) is 18.1. The number of ether oxygens (including phenoxy) is 3. The summed E-state index contributed by atoms with van der Waals surface area (Å²) in [6.07, 6.45) is 1.50. The maximum absolute atomic E-state index is 12.3. The molecule has 3 aromatic rings. The van der Waals surface area contributed by atoms with Gasteiger partial charge in [-0.1, -0.05) is 39.7 Å². The lowest BCUT2D eigenvalue weighted by molar-refractivity contribution is 0.0955. The molecule has 0 bridgehead atoms. The zero-order chi connectivity index (χ0) is 23.6. The van der Waals surface area contributed by atoms with E-state index < -0.39 is 0 Å². The van der Waals surface area contributed by atoms with Crippen LogP contribution in [0.5, 0.6) is 17.2 Å². The van der Waals surface area contributed by atoms with Gasteiger partial charge in [0, 0.05) is 10.0 Å². The molecule has 0 unspecified atom stereocenters. The highest BCUT2D eigenvalue weighted by Crippen LogP contribution is 2.37. The second-order valence-corrected chi connectivity index (χ2v) is 8.16. The summed E-state index contributed by atoms with van der Waals surface area (Å²) < 4.78 is 18.0. The van der Waals surface area contributed by atoms with Gasteiger partial charge in [-0.05, 0) is 73.5 Å². The van der Waals surface area contributed by atoms with E-state index in [1.807, 2.05) is 38.1 Å². The summed E-state index contributed by atoms with van der Waals surface area (Å²) in [5, 5.41) is 4.42. The van der Waals surface area contributed by atoms with Gasteiger partial charge in [-0.15, -0.1) is 0 Å². The SMILES string of the molecule is CCOc1ccc(C(=O)N/N=C\c2cc(Cl)c(OCc3ccc(Br)cc3)c(OCC)c2)cc1. The van der Waals surface area contributed by atoms with E-state index in [0.717, 1.165) is 10.0 Å². The Morgan fingerprint density at radius 1 is 1.00 bits per heavy atom. The molecular weight excluding hydrogens is 508 g/mol. The number of amides is 1. The molecule has 0 fully saturated rings. The minimum absolute atomic E-state index is 0.333. The van der Waals surface area contributed by atoms with Crippen molar-refractivity contribution in [2.75, 3.05) is 13.2 Å². The molecule has 0 atom stereocenters. The maximum Gasteiger partial charge on any atom is 0.271 e. The summed E-state index contributed by atoms with van der Waals surface area (Å²) in [5.74, 6) is 1.33. The van der Waals surface area contributed by atoms with Crippen molar-refractivity contribution in [3.63, 3.8) is 0 Å². The lowest BCUT2D eigenvalue weighted by atomic mass is 10.2. The Hall–Kier alpha value is -3.03. The van der Waals surface area contributed by atoms with Gasteiger partial charge in [-0.3, -0.25) is 4.79 Å². The van der Waals surface area contributed by atoms with Crippen LogP contribution in [-0.4, -0.2) is 25.3 Å². The smallest absolute Gasteiger partial charge is 0.271 e. The number of benzene rings is 3. The molecule has 0 radical (unpaired) electrons. The number of halogens is 2. The first kappa shape index (κ1) is 24.6. The number of hydrazone groups is 1. The van der Waals surface area contributed by atoms with Gasteiger partial charge >= 0.3 is 0 Å². The maximum atomic E-state index is 12.3. The van der Waals surface area contributed by atoms with Crippen molar-refractivity contribution in [3.05, 3.63) is 86.8 Å². The number of hydrogen-bond donors (Lipinski definition) is 1. The van der Waals surface area contributed by atoms with Crippen LogP contribution >= 0.6 is 27.5 Å². The van der Waals surface area contributed by atoms with Crippen LogP contribution in [0.2, 0.25) is 5.02 Å². The van der Waals surface area contributed by atoms with E-state index in [0.29, 0.717) is 53.2 Å². The van der Waals surface area contributed by atoms with Gasteiger partial charge in [0.2, 0.25) is 0 Å². The second kappa shape index (κ2) is 12.3. The minimum Gasteiger partial charge on any atom is -0.494 e. The molecule has 0 aliphatic carbocycles. The zero-order valence-electron chi connectivity index (χ0n) is 18.3.